The molecule has 0 bridgehead atoms. The van der Waals surface area contributed by atoms with Crippen molar-refractivity contribution < 1.29 is 9.90 Å². The molecule has 0 aliphatic carbocycles. The SMILES string of the molecule is CC(C)n1ccnc1CN1CCC[C@@]2(CCC(=O)N(CCO)C2)C1. The predicted octanol–water partition coefficient (Wildman–Crippen LogP) is 1.66. The molecule has 2 aliphatic rings. The van der Waals surface area contributed by atoms with Crippen molar-refractivity contribution in [2.24, 2.45) is 5.41 Å². The molecule has 2 aliphatic heterocycles. The number of imidazole rings is 1. The lowest BCUT2D eigenvalue weighted by Crippen LogP contribution is -2.54. The van der Waals surface area contributed by atoms with Crippen LogP contribution in [0.3, 0.4) is 0 Å². The van der Waals surface area contributed by atoms with E-state index in [-0.39, 0.29) is 17.9 Å². The first-order chi connectivity index (χ1) is 11.5. The number of amides is 1. The summed E-state index contributed by atoms with van der Waals surface area (Å²) in [4.78, 5) is 21.0. The van der Waals surface area contributed by atoms with Crippen LogP contribution in [0.2, 0.25) is 0 Å². The first kappa shape index (κ1) is 17.4. The standard InChI is InChI=1S/C18H30N4O2/c1-15(2)22-9-7-19-16(22)12-20-8-3-5-18(13-20)6-4-17(24)21(14-18)10-11-23/h7,9,15,23H,3-6,8,10-14H2,1-2H3/t18-/m1/s1. The minimum absolute atomic E-state index is 0.0529. The number of nitrogens with zero attached hydrogens (tertiary/aromatic N) is 4. The predicted molar refractivity (Wildman–Crippen MR) is 92.5 cm³/mol. The Hall–Kier alpha value is -1.40. The van der Waals surface area contributed by atoms with E-state index in [0.717, 1.165) is 38.4 Å². The summed E-state index contributed by atoms with van der Waals surface area (Å²) in [6, 6.07) is 0.425. The van der Waals surface area contributed by atoms with Gasteiger partial charge in [-0.05, 0) is 39.7 Å². The van der Waals surface area contributed by atoms with Crippen molar-refractivity contribution in [2.45, 2.75) is 52.1 Å². The number of piperidine rings is 2. The number of aromatic nitrogens is 2. The average molecular weight is 334 g/mol. The van der Waals surface area contributed by atoms with Crippen LogP contribution in [-0.4, -0.2) is 63.2 Å². The topological polar surface area (TPSA) is 61.6 Å². The van der Waals surface area contributed by atoms with Crippen molar-refractivity contribution in [3.05, 3.63) is 18.2 Å². The molecule has 0 unspecified atom stereocenters. The van der Waals surface area contributed by atoms with Gasteiger partial charge in [0, 0.05) is 49.9 Å². The number of hydrogen-bond acceptors (Lipinski definition) is 4. The Labute approximate surface area is 144 Å². The second kappa shape index (κ2) is 7.23. The number of aliphatic hydroxyl groups is 1. The zero-order valence-electron chi connectivity index (χ0n) is 14.9. The highest BCUT2D eigenvalue weighted by molar-refractivity contribution is 5.77. The Bertz CT molecular complexity index is 571. The van der Waals surface area contributed by atoms with Crippen molar-refractivity contribution in [3.63, 3.8) is 0 Å². The molecule has 1 aromatic rings. The van der Waals surface area contributed by atoms with Gasteiger partial charge in [0.1, 0.15) is 5.82 Å². The number of rotatable bonds is 5. The van der Waals surface area contributed by atoms with Crippen LogP contribution in [0.25, 0.3) is 0 Å². The fraction of sp³-hybridized carbons (Fsp3) is 0.778. The summed E-state index contributed by atoms with van der Waals surface area (Å²) in [7, 11) is 0. The summed E-state index contributed by atoms with van der Waals surface area (Å²) >= 11 is 0. The van der Waals surface area contributed by atoms with E-state index in [4.69, 9.17) is 0 Å². The van der Waals surface area contributed by atoms with E-state index in [9.17, 15) is 9.90 Å². The number of hydrogen-bond donors (Lipinski definition) is 1. The third-order valence-electron chi connectivity index (χ3n) is 5.53. The molecular weight excluding hydrogens is 304 g/mol. The molecule has 0 saturated carbocycles. The van der Waals surface area contributed by atoms with E-state index in [1.807, 2.05) is 11.1 Å². The zero-order chi connectivity index (χ0) is 17.2. The molecule has 1 N–H and O–H groups in total. The van der Waals surface area contributed by atoms with Crippen LogP contribution in [-0.2, 0) is 11.3 Å². The van der Waals surface area contributed by atoms with E-state index in [1.54, 1.807) is 0 Å². The Morgan fingerprint density at radius 3 is 2.92 bits per heavy atom. The van der Waals surface area contributed by atoms with Crippen LogP contribution < -0.4 is 0 Å². The van der Waals surface area contributed by atoms with E-state index >= 15 is 0 Å². The highest BCUT2D eigenvalue weighted by Gasteiger charge is 2.41. The van der Waals surface area contributed by atoms with Crippen LogP contribution >= 0.6 is 0 Å². The maximum Gasteiger partial charge on any atom is 0.222 e. The quantitative estimate of drug-likeness (QED) is 0.890. The molecule has 1 atom stereocenters. The minimum atomic E-state index is 0.0529. The van der Waals surface area contributed by atoms with E-state index < -0.39 is 0 Å². The maximum absolute atomic E-state index is 12.1. The van der Waals surface area contributed by atoms with E-state index in [0.29, 0.717) is 19.0 Å². The van der Waals surface area contributed by atoms with Crippen LogP contribution in [0.4, 0.5) is 0 Å². The van der Waals surface area contributed by atoms with Gasteiger partial charge in [0.25, 0.3) is 0 Å². The first-order valence-electron chi connectivity index (χ1n) is 9.16. The lowest BCUT2D eigenvalue weighted by Gasteiger charge is -2.48. The monoisotopic (exact) mass is 334 g/mol. The van der Waals surface area contributed by atoms with Gasteiger partial charge >= 0.3 is 0 Å². The normalized spacial score (nSPS) is 25.8. The van der Waals surface area contributed by atoms with Gasteiger partial charge in [-0.1, -0.05) is 0 Å². The van der Waals surface area contributed by atoms with Crippen molar-refractivity contribution >= 4 is 5.91 Å². The molecule has 1 amide bonds. The Balaban J connectivity index is 1.67. The Kier molecular flexibility index (Phi) is 5.25. The minimum Gasteiger partial charge on any atom is -0.395 e. The first-order valence-corrected chi connectivity index (χ1v) is 9.16. The third kappa shape index (κ3) is 3.64. The maximum atomic E-state index is 12.1. The van der Waals surface area contributed by atoms with Gasteiger partial charge in [0.2, 0.25) is 5.91 Å². The molecule has 6 nitrogen and oxygen atoms in total. The molecular formula is C18H30N4O2. The molecule has 3 heterocycles. The van der Waals surface area contributed by atoms with Gasteiger partial charge in [0.05, 0.1) is 13.2 Å². The summed E-state index contributed by atoms with van der Waals surface area (Å²) in [5, 5.41) is 9.21. The number of aliphatic hydroxyl groups excluding tert-OH is 1. The highest BCUT2D eigenvalue weighted by Crippen LogP contribution is 2.39. The molecule has 134 valence electrons. The Morgan fingerprint density at radius 2 is 2.17 bits per heavy atom. The van der Waals surface area contributed by atoms with Crippen molar-refractivity contribution in [2.75, 3.05) is 32.8 Å². The molecule has 2 saturated heterocycles. The third-order valence-corrected chi connectivity index (χ3v) is 5.53. The fourth-order valence-electron chi connectivity index (χ4n) is 4.34. The second-order valence-corrected chi connectivity index (χ2v) is 7.70. The summed E-state index contributed by atoms with van der Waals surface area (Å²) in [6.45, 7) is 8.68. The Morgan fingerprint density at radius 1 is 1.33 bits per heavy atom. The average Bonchev–Trinajstić information content (AvgIpc) is 3.00. The molecule has 3 rings (SSSR count). The van der Waals surface area contributed by atoms with Crippen molar-refractivity contribution in [3.8, 4) is 0 Å². The number of carbonyl (C=O) groups is 1. The molecule has 0 radical (unpaired) electrons. The van der Waals surface area contributed by atoms with E-state index in [1.165, 1.54) is 12.8 Å². The van der Waals surface area contributed by atoms with Crippen LogP contribution in [0.1, 0.15) is 51.4 Å². The van der Waals surface area contributed by atoms with Gasteiger partial charge in [-0.15, -0.1) is 0 Å². The van der Waals surface area contributed by atoms with Gasteiger partial charge in [-0.25, -0.2) is 4.98 Å². The van der Waals surface area contributed by atoms with Crippen LogP contribution in [0.15, 0.2) is 12.4 Å². The molecule has 1 aromatic heterocycles. The fourth-order valence-corrected chi connectivity index (χ4v) is 4.34. The van der Waals surface area contributed by atoms with E-state index in [2.05, 4.69) is 34.5 Å². The van der Waals surface area contributed by atoms with Crippen molar-refractivity contribution in [1.29, 1.82) is 0 Å². The number of β-amino-alcohol motifs (C(OH)–C–C–N with tert-alkyl or cyclic N) is 1. The van der Waals surface area contributed by atoms with Crippen LogP contribution in [0, 0.1) is 5.41 Å². The highest BCUT2D eigenvalue weighted by atomic mass is 16.3. The largest absolute Gasteiger partial charge is 0.395 e. The second-order valence-electron chi connectivity index (χ2n) is 7.70. The summed E-state index contributed by atoms with van der Waals surface area (Å²) in [5.41, 5.74) is 0.191. The lowest BCUT2D eigenvalue weighted by atomic mass is 9.73. The summed E-state index contributed by atoms with van der Waals surface area (Å²) in [6.07, 6.45) is 7.89. The molecule has 6 heteroatoms. The van der Waals surface area contributed by atoms with Gasteiger partial charge in [-0.3, -0.25) is 9.69 Å². The molecule has 0 aromatic carbocycles. The lowest BCUT2D eigenvalue weighted by molar-refractivity contribution is -0.140. The van der Waals surface area contributed by atoms with Gasteiger partial charge < -0.3 is 14.6 Å². The van der Waals surface area contributed by atoms with Gasteiger partial charge in [0.15, 0.2) is 0 Å². The van der Waals surface area contributed by atoms with Gasteiger partial charge in [-0.2, -0.15) is 0 Å². The van der Waals surface area contributed by atoms with Crippen LogP contribution in [0.5, 0.6) is 0 Å². The molecule has 2 fully saturated rings. The molecule has 1 spiro atoms. The summed E-state index contributed by atoms with van der Waals surface area (Å²) in [5.74, 6) is 1.32. The van der Waals surface area contributed by atoms with Crippen molar-refractivity contribution in [1.82, 2.24) is 19.4 Å². The smallest absolute Gasteiger partial charge is 0.222 e. The zero-order valence-corrected chi connectivity index (χ0v) is 14.9. The summed E-state index contributed by atoms with van der Waals surface area (Å²) < 4.78 is 2.24. The number of likely N-dealkylation sites (tertiary alicyclic amines) is 2. The molecule has 24 heavy (non-hydrogen) atoms. The number of carbonyl (C=O) groups excluding carboxylic acids is 1.